The van der Waals surface area contributed by atoms with Crippen LogP contribution in [0.5, 0.6) is 5.75 Å². The van der Waals surface area contributed by atoms with Crippen molar-refractivity contribution < 1.29 is 9.53 Å². The molecule has 124 valence electrons. The largest absolute Gasteiger partial charge is 0.484 e. The third-order valence-corrected chi connectivity index (χ3v) is 5.43. The van der Waals surface area contributed by atoms with Crippen molar-refractivity contribution in [2.24, 2.45) is 0 Å². The predicted octanol–water partition coefficient (Wildman–Crippen LogP) is 4.56. The number of nitriles is 1. The molecule has 0 fully saturated rings. The van der Waals surface area contributed by atoms with Gasteiger partial charge in [0.25, 0.3) is 5.91 Å². The molecule has 3 rings (SSSR count). The molecule has 1 aromatic heterocycles. The number of nitrogens with one attached hydrogen (secondary N) is 1. The summed E-state index contributed by atoms with van der Waals surface area (Å²) in [7, 11) is 0. The number of rotatable bonds is 4. The third-order valence-electron chi connectivity index (χ3n) is 3.97. The fourth-order valence-electron chi connectivity index (χ4n) is 2.79. The molecular weight excluding hydrogens is 344 g/mol. The van der Waals surface area contributed by atoms with Gasteiger partial charge in [0.1, 0.15) is 16.8 Å². The number of anilines is 1. The molecule has 0 saturated heterocycles. The predicted molar refractivity (Wildman–Crippen MR) is 95.9 cm³/mol. The summed E-state index contributed by atoms with van der Waals surface area (Å²) in [6.45, 7) is -0.102. The number of hydrogen-bond acceptors (Lipinski definition) is 4. The number of carbonyl (C=O) groups is 1. The second-order valence-electron chi connectivity index (χ2n) is 5.67. The van der Waals surface area contributed by atoms with E-state index in [0.29, 0.717) is 21.3 Å². The van der Waals surface area contributed by atoms with Gasteiger partial charge in [0.05, 0.1) is 5.56 Å². The van der Waals surface area contributed by atoms with E-state index in [-0.39, 0.29) is 12.5 Å². The zero-order chi connectivity index (χ0) is 16.9. The first-order valence-electron chi connectivity index (χ1n) is 7.90. The Morgan fingerprint density at radius 3 is 2.75 bits per heavy atom. The van der Waals surface area contributed by atoms with Gasteiger partial charge in [0.2, 0.25) is 0 Å². The Bertz CT molecular complexity index is 778. The highest BCUT2D eigenvalue weighted by Crippen LogP contribution is 2.36. The molecule has 0 aliphatic heterocycles. The maximum absolute atomic E-state index is 12.1. The third kappa shape index (κ3) is 3.89. The summed E-state index contributed by atoms with van der Waals surface area (Å²) in [4.78, 5) is 13.4. The molecule has 1 amide bonds. The van der Waals surface area contributed by atoms with Crippen molar-refractivity contribution in [3.05, 3.63) is 45.3 Å². The summed E-state index contributed by atoms with van der Waals surface area (Å²) in [6.07, 6.45) is 5.36. The van der Waals surface area contributed by atoms with E-state index in [2.05, 4.69) is 11.4 Å². The normalized spacial score (nSPS) is 13.5. The van der Waals surface area contributed by atoms with Gasteiger partial charge < -0.3 is 10.1 Å². The standard InChI is InChI=1S/C18H17ClN2O2S/c19-12-6-8-13(9-7-12)23-11-17(22)21-18-15(10-20)14-4-2-1-3-5-16(14)24-18/h6-9H,1-5,11H2,(H,21,22). The first-order chi connectivity index (χ1) is 11.7. The van der Waals surface area contributed by atoms with E-state index < -0.39 is 0 Å². The van der Waals surface area contributed by atoms with Gasteiger partial charge in [-0.25, -0.2) is 0 Å². The lowest BCUT2D eigenvalue weighted by molar-refractivity contribution is -0.118. The summed E-state index contributed by atoms with van der Waals surface area (Å²) >= 11 is 7.34. The molecule has 24 heavy (non-hydrogen) atoms. The van der Waals surface area contributed by atoms with Crippen LogP contribution < -0.4 is 10.1 Å². The number of carbonyl (C=O) groups excluding carboxylic acids is 1. The molecule has 1 aliphatic rings. The highest BCUT2D eigenvalue weighted by atomic mass is 35.5. The Labute approximate surface area is 150 Å². The van der Waals surface area contributed by atoms with Crippen LogP contribution in [-0.4, -0.2) is 12.5 Å². The molecule has 0 spiro atoms. The maximum atomic E-state index is 12.1. The zero-order valence-electron chi connectivity index (χ0n) is 13.1. The number of nitrogens with zero attached hydrogens (tertiary/aromatic N) is 1. The van der Waals surface area contributed by atoms with Crippen LogP contribution in [0.25, 0.3) is 0 Å². The minimum atomic E-state index is -0.266. The second-order valence-corrected chi connectivity index (χ2v) is 7.21. The van der Waals surface area contributed by atoms with Crippen LogP contribution in [0.4, 0.5) is 5.00 Å². The molecule has 0 saturated carbocycles. The molecule has 1 aliphatic carbocycles. The van der Waals surface area contributed by atoms with E-state index in [0.717, 1.165) is 31.2 Å². The Morgan fingerprint density at radius 2 is 2.00 bits per heavy atom. The quantitative estimate of drug-likeness (QED) is 0.813. The molecule has 0 bridgehead atoms. The SMILES string of the molecule is N#Cc1c(NC(=O)COc2ccc(Cl)cc2)sc2c1CCCCC2. The number of fused-ring (bicyclic) bond motifs is 1. The van der Waals surface area contributed by atoms with Gasteiger partial charge in [-0.3, -0.25) is 4.79 Å². The summed E-state index contributed by atoms with van der Waals surface area (Å²) in [5, 5.41) is 13.6. The van der Waals surface area contributed by atoms with E-state index in [1.54, 1.807) is 24.3 Å². The van der Waals surface area contributed by atoms with Gasteiger partial charge in [-0.15, -0.1) is 11.3 Å². The molecule has 1 N–H and O–H groups in total. The number of amides is 1. The van der Waals surface area contributed by atoms with E-state index in [9.17, 15) is 10.1 Å². The minimum Gasteiger partial charge on any atom is -0.484 e. The summed E-state index contributed by atoms with van der Waals surface area (Å²) in [5.41, 5.74) is 1.74. The molecule has 2 aromatic rings. The molecule has 0 atom stereocenters. The molecule has 6 heteroatoms. The van der Waals surface area contributed by atoms with Crippen molar-refractivity contribution >= 4 is 33.8 Å². The average Bonchev–Trinajstić information content (AvgIpc) is 2.74. The van der Waals surface area contributed by atoms with Crippen molar-refractivity contribution in [3.63, 3.8) is 0 Å². The van der Waals surface area contributed by atoms with Gasteiger partial charge in [-0.1, -0.05) is 18.0 Å². The molecular formula is C18H17ClN2O2S. The lowest BCUT2D eigenvalue weighted by atomic mass is 10.1. The number of aryl methyl sites for hydroxylation is 1. The van der Waals surface area contributed by atoms with Crippen LogP contribution in [0, 0.1) is 11.3 Å². The first kappa shape index (κ1) is 16.8. The number of ether oxygens (including phenoxy) is 1. The minimum absolute atomic E-state index is 0.102. The Kier molecular flexibility index (Phi) is 5.39. The topological polar surface area (TPSA) is 62.1 Å². The van der Waals surface area contributed by atoms with E-state index >= 15 is 0 Å². The highest BCUT2D eigenvalue weighted by molar-refractivity contribution is 7.16. The van der Waals surface area contributed by atoms with Crippen LogP contribution in [-0.2, 0) is 17.6 Å². The Balaban J connectivity index is 1.66. The first-order valence-corrected chi connectivity index (χ1v) is 9.09. The lowest BCUT2D eigenvalue weighted by Crippen LogP contribution is -2.20. The van der Waals surface area contributed by atoms with Crippen molar-refractivity contribution in [2.45, 2.75) is 32.1 Å². The highest BCUT2D eigenvalue weighted by Gasteiger charge is 2.21. The van der Waals surface area contributed by atoms with Crippen LogP contribution in [0.15, 0.2) is 24.3 Å². The van der Waals surface area contributed by atoms with Crippen LogP contribution in [0.1, 0.15) is 35.3 Å². The van der Waals surface area contributed by atoms with Crippen LogP contribution in [0.3, 0.4) is 0 Å². The second kappa shape index (κ2) is 7.69. The molecule has 1 heterocycles. The van der Waals surface area contributed by atoms with Crippen molar-refractivity contribution in [1.29, 1.82) is 5.26 Å². The maximum Gasteiger partial charge on any atom is 0.262 e. The van der Waals surface area contributed by atoms with Crippen LogP contribution >= 0.6 is 22.9 Å². The van der Waals surface area contributed by atoms with Crippen LogP contribution in [0.2, 0.25) is 5.02 Å². The van der Waals surface area contributed by atoms with Crippen molar-refractivity contribution in [1.82, 2.24) is 0 Å². The zero-order valence-corrected chi connectivity index (χ0v) is 14.7. The molecule has 0 radical (unpaired) electrons. The Hall–Kier alpha value is -2.03. The average molecular weight is 361 g/mol. The molecule has 4 nitrogen and oxygen atoms in total. The fraction of sp³-hybridized carbons (Fsp3) is 0.333. The van der Waals surface area contributed by atoms with Gasteiger partial charge >= 0.3 is 0 Å². The number of hydrogen-bond donors (Lipinski definition) is 1. The van der Waals surface area contributed by atoms with Crippen molar-refractivity contribution in [2.75, 3.05) is 11.9 Å². The number of halogens is 1. The smallest absolute Gasteiger partial charge is 0.262 e. The molecule has 1 aromatic carbocycles. The molecule has 0 unspecified atom stereocenters. The van der Waals surface area contributed by atoms with Gasteiger partial charge in [-0.2, -0.15) is 5.26 Å². The van der Waals surface area contributed by atoms with E-state index in [1.807, 2.05) is 0 Å². The van der Waals surface area contributed by atoms with E-state index in [1.165, 1.54) is 22.6 Å². The summed E-state index contributed by atoms with van der Waals surface area (Å²) < 4.78 is 5.44. The number of thiophene rings is 1. The summed E-state index contributed by atoms with van der Waals surface area (Å²) in [5.74, 6) is 0.315. The lowest BCUT2D eigenvalue weighted by Gasteiger charge is -2.07. The fourth-order valence-corrected chi connectivity index (χ4v) is 4.17. The Morgan fingerprint density at radius 1 is 1.25 bits per heavy atom. The monoisotopic (exact) mass is 360 g/mol. The van der Waals surface area contributed by atoms with Gasteiger partial charge in [0, 0.05) is 9.90 Å². The van der Waals surface area contributed by atoms with E-state index in [4.69, 9.17) is 16.3 Å². The van der Waals surface area contributed by atoms with Gasteiger partial charge in [-0.05, 0) is 55.5 Å². The van der Waals surface area contributed by atoms with Gasteiger partial charge in [0.15, 0.2) is 6.61 Å². The summed E-state index contributed by atoms with van der Waals surface area (Å²) in [6, 6.07) is 9.10. The van der Waals surface area contributed by atoms with Crippen molar-refractivity contribution in [3.8, 4) is 11.8 Å². The number of benzene rings is 1.